The molecule has 0 bridgehead atoms. The molecule has 2 heterocycles. The van der Waals surface area contributed by atoms with Gasteiger partial charge in [0.05, 0.1) is 5.60 Å². The van der Waals surface area contributed by atoms with E-state index in [0.29, 0.717) is 13.1 Å². The Morgan fingerprint density at radius 1 is 1.38 bits per heavy atom. The molecule has 24 heavy (non-hydrogen) atoms. The van der Waals surface area contributed by atoms with Crippen molar-refractivity contribution < 1.29 is 4.74 Å². The number of hydrogen-bond donors (Lipinski definition) is 2. The van der Waals surface area contributed by atoms with Crippen molar-refractivity contribution in [2.24, 2.45) is 4.99 Å². The Balaban J connectivity index is 1.76. The lowest BCUT2D eigenvalue weighted by molar-refractivity contribution is 0.0268. The van der Waals surface area contributed by atoms with E-state index in [1.165, 1.54) is 0 Å². The van der Waals surface area contributed by atoms with Gasteiger partial charge < -0.3 is 15.4 Å². The summed E-state index contributed by atoms with van der Waals surface area (Å²) in [5, 5.41) is 10.9. The van der Waals surface area contributed by atoms with Gasteiger partial charge in [0, 0.05) is 46.8 Å². The predicted octanol–water partition coefficient (Wildman–Crippen LogP) is 0.361. The smallest absolute Gasteiger partial charge is 0.345 e. The van der Waals surface area contributed by atoms with Crippen molar-refractivity contribution in [3.05, 3.63) is 16.3 Å². The molecule has 2 rings (SSSR count). The number of aromatic nitrogens is 3. The topological polar surface area (TPSA) is 85.5 Å². The first-order chi connectivity index (χ1) is 11.5. The predicted molar refractivity (Wildman–Crippen MR) is 94.5 cm³/mol. The highest BCUT2D eigenvalue weighted by atomic mass is 16.5. The lowest BCUT2D eigenvalue weighted by Gasteiger charge is -2.24. The van der Waals surface area contributed by atoms with Gasteiger partial charge in [0.1, 0.15) is 5.82 Å². The van der Waals surface area contributed by atoms with Gasteiger partial charge in [-0.1, -0.05) is 0 Å². The molecule has 1 aromatic heterocycles. The lowest BCUT2D eigenvalue weighted by atomic mass is 10.1. The number of fused-ring (bicyclic) bond motifs is 1. The van der Waals surface area contributed by atoms with Crippen LogP contribution in [0.15, 0.2) is 9.79 Å². The number of methoxy groups -OCH3 is 1. The minimum Gasteiger partial charge on any atom is -0.377 e. The summed E-state index contributed by atoms with van der Waals surface area (Å²) >= 11 is 0. The maximum absolute atomic E-state index is 12.2. The molecule has 0 amide bonds. The lowest BCUT2D eigenvalue weighted by Crippen LogP contribution is -2.45. The fourth-order valence-corrected chi connectivity index (χ4v) is 2.62. The second-order valence-electron chi connectivity index (χ2n) is 6.70. The summed E-state index contributed by atoms with van der Waals surface area (Å²) < 4.78 is 8.77. The Labute approximate surface area is 143 Å². The molecule has 0 saturated carbocycles. The van der Waals surface area contributed by atoms with Crippen LogP contribution in [0.4, 0.5) is 0 Å². The van der Waals surface area contributed by atoms with E-state index in [9.17, 15) is 4.79 Å². The molecule has 136 valence electrons. The van der Waals surface area contributed by atoms with Crippen LogP contribution >= 0.6 is 0 Å². The summed E-state index contributed by atoms with van der Waals surface area (Å²) in [6, 6.07) is 0. The summed E-state index contributed by atoms with van der Waals surface area (Å²) in [6.07, 6.45) is 3.91. The van der Waals surface area contributed by atoms with E-state index in [1.54, 1.807) is 18.8 Å². The van der Waals surface area contributed by atoms with Crippen molar-refractivity contribution >= 4 is 5.96 Å². The van der Waals surface area contributed by atoms with Crippen LogP contribution in [-0.2, 0) is 24.2 Å². The molecule has 0 radical (unpaired) electrons. The number of aliphatic imine (C=N–C) groups is 1. The number of nitrogens with one attached hydrogen (secondary N) is 2. The van der Waals surface area contributed by atoms with Crippen LogP contribution in [-0.4, -0.2) is 53.2 Å². The number of aryl methyl sites for hydroxylation is 2. The molecule has 0 unspecified atom stereocenters. The molecule has 0 fully saturated rings. The molecule has 0 aliphatic carbocycles. The first-order valence-corrected chi connectivity index (χ1v) is 8.63. The van der Waals surface area contributed by atoms with Gasteiger partial charge in [-0.05, 0) is 33.1 Å². The first kappa shape index (κ1) is 18.5. The molecule has 0 atom stereocenters. The van der Waals surface area contributed by atoms with Gasteiger partial charge in [-0.25, -0.2) is 9.48 Å². The Morgan fingerprint density at radius 2 is 2.17 bits per heavy atom. The SMILES string of the molecule is CN=C(NCCCn1nc2n(c1=O)CCCC2)NCC(C)(C)OC. The number of ether oxygens (including phenoxy) is 1. The molecule has 0 spiro atoms. The molecular weight excluding hydrogens is 308 g/mol. The van der Waals surface area contributed by atoms with Crippen molar-refractivity contribution in [2.75, 3.05) is 27.2 Å². The van der Waals surface area contributed by atoms with Gasteiger partial charge >= 0.3 is 5.69 Å². The summed E-state index contributed by atoms with van der Waals surface area (Å²) in [7, 11) is 3.43. The average Bonchev–Trinajstić information content (AvgIpc) is 2.91. The van der Waals surface area contributed by atoms with Gasteiger partial charge in [-0.2, -0.15) is 5.10 Å². The minimum atomic E-state index is -0.250. The summed E-state index contributed by atoms with van der Waals surface area (Å²) in [5.41, 5.74) is -0.227. The highest BCUT2D eigenvalue weighted by molar-refractivity contribution is 5.79. The number of guanidine groups is 1. The second kappa shape index (κ2) is 8.32. The molecule has 0 aromatic carbocycles. The summed E-state index contributed by atoms with van der Waals surface area (Å²) in [6.45, 7) is 6.84. The van der Waals surface area contributed by atoms with Crippen molar-refractivity contribution in [2.45, 2.75) is 58.2 Å². The molecule has 0 saturated heterocycles. The van der Waals surface area contributed by atoms with E-state index < -0.39 is 0 Å². The monoisotopic (exact) mass is 338 g/mol. The van der Waals surface area contributed by atoms with Crippen LogP contribution in [0, 0.1) is 0 Å². The zero-order chi connectivity index (χ0) is 17.6. The molecule has 8 nitrogen and oxygen atoms in total. The van der Waals surface area contributed by atoms with Crippen molar-refractivity contribution in [3.8, 4) is 0 Å². The van der Waals surface area contributed by atoms with Gasteiger partial charge in [0.2, 0.25) is 0 Å². The standard InChI is InChI=1S/C16H30N6O2/c1-16(2,24-4)12-19-14(17-3)18-9-7-11-22-15(23)21-10-6-5-8-13(21)20-22/h5-12H2,1-4H3,(H2,17,18,19). The maximum atomic E-state index is 12.2. The number of nitrogens with zero attached hydrogens (tertiary/aromatic N) is 4. The van der Waals surface area contributed by atoms with Crippen LogP contribution in [0.25, 0.3) is 0 Å². The molecule has 1 aromatic rings. The number of rotatable bonds is 7. The van der Waals surface area contributed by atoms with Crippen LogP contribution in [0.1, 0.15) is 38.9 Å². The maximum Gasteiger partial charge on any atom is 0.345 e. The fraction of sp³-hybridized carbons (Fsp3) is 0.812. The minimum absolute atomic E-state index is 0.0223. The summed E-state index contributed by atoms with van der Waals surface area (Å²) in [4.78, 5) is 16.4. The van der Waals surface area contributed by atoms with Gasteiger partial charge in [0.15, 0.2) is 5.96 Å². The average molecular weight is 338 g/mol. The normalized spacial score (nSPS) is 15.2. The van der Waals surface area contributed by atoms with E-state index in [4.69, 9.17) is 4.74 Å². The highest BCUT2D eigenvalue weighted by Gasteiger charge is 2.17. The largest absolute Gasteiger partial charge is 0.377 e. The van der Waals surface area contributed by atoms with Gasteiger partial charge in [-0.15, -0.1) is 0 Å². The van der Waals surface area contributed by atoms with Crippen LogP contribution in [0.3, 0.4) is 0 Å². The second-order valence-corrected chi connectivity index (χ2v) is 6.70. The van der Waals surface area contributed by atoms with Crippen LogP contribution in [0.5, 0.6) is 0 Å². The quantitative estimate of drug-likeness (QED) is 0.426. The van der Waals surface area contributed by atoms with Gasteiger partial charge in [0.25, 0.3) is 0 Å². The Morgan fingerprint density at radius 3 is 2.83 bits per heavy atom. The zero-order valence-corrected chi connectivity index (χ0v) is 15.3. The zero-order valence-electron chi connectivity index (χ0n) is 15.3. The Kier molecular flexibility index (Phi) is 6.42. The highest BCUT2D eigenvalue weighted by Crippen LogP contribution is 2.09. The van der Waals surface area contributed by atoms with E-state index in [-0.39, 0.29) is 11.3 Å². The third kappa shape index (κ3) is 4.83. The summed E-state index contributed by atoms with van der Waals surface area (Å²) in [5.74, 6) is 1.66. The first-order valence-electron chi connectivity index (χ1n) is 8.63. The van der Waals surface area contributed by atoms with Crippen molar-refractivity contribution in [1.29, 1.82) is 0 Å². The van der Waals surface area contributed by atoms with Gasteiger partial charge in [-0.3, -0.25) is 9.56 Å². The molecule has 2 N–H and O–H groups in total. The molecule has 8 heteroatoms. The van der Waals surface area contributed by atoms with Crippen molar-refractivity contribution in [1.82, 2.24) is 25.0 Å². The van der Waals surface area contributed by atoms with E-state index in [1.807, 2.05) is 18.4 Å². The van der Waals surface area contributed by atoms with Crippen LogP contribution < -0.4 is 16.3 Å². The Bertz CT molecular complexity index is 617. The third-order valence-corrected chi connectivity index (χ3v) is 4.33. The van der Waals surface area contributed by atoms with E-state index in [2.05, 4.69) is 20.7 Å². The third-order valence-electron chi connectivity index (χ3n) is 4.33. The number of hydrogen-bond acceptors (Lipinski definition) is 4. The Hall–Kier alpha value is -1.83. The molecule has 1 aliphatic heterocycles. The van der Waals surface area contributed by atoms with Crippen molar-refractivity contribution in [3.63, 3.8) is 0 Å². The van der Waals surface area contributed by atoms with Crippen LogP contribution in [0.2, 0.25) is 0 Å². The fourth-order valence-electron chi connectivity index (χ4n) is 2.62. The van der Waals surface area contributed by atoms with E-state index in [0.717, 1.165) is 50.6 Å². The molecular formula is C16H30N6O2. The molecule has 1 aliphatic rings. The van der Waals surface area contributed by atoms with E-state index >= 15 is 0 Å².